The molecule has 0 atom stereocenters. The fourth-order valence-corrected chi connectivity index (χ4v) is 13.0. The minimum atomic E-state index is -0.171. The van der Waals surface area contributed by atoms with Gasteiger partial charge in [0.05, 0.1) is 9.75 Å². The Morgan fingerprint density at radius 1 is 0.300 bits per heavy atom. The van der Waals surface area contributed by atoms with Crippen molar-refractivity contribution in [3.63, 3.8) is 0 Å². The zero-order valence-electron chi connectivity index (χ0n) is 25.9. The maximum absolute atomic E-state index is 15.3. The molecule has 6 heterocycles. The zero-order valence-corrected chi connectivity index (χ0v) is 30.8. The SMILES string of the molecule is Fc1cc(-c2cc3cc4cc5sc(-c6cc(F)c(-c7ccc(-c8ccccc8)s7)s6)cc5cc4cc3s2)sc1-c1ccc(-c2ccccc2)s1. The van der Waals surface area contributed by atoms with Gasteiger partial charge in [-0.1, -0.05) is 60.7 Å². The number of rotatable bonds is 6. The van der Waals surface area contributed by atoms with Crippen molar-refractivity contribution < 1.29 is 8.78 Å². The van der Waals surface area contributed by atoms with E-state index in [9.17, 15) is 0 Å². The van der Waals surface area contributed by atoms with Gasteiger partial charge in [-0.05, 0) is 105 Å². The first-order chi connectivity index (χ1) is 24.5. The maximum atomic E-state index is 15.3. The molecule has 0 radical (unpaired) electrons. The molecule has 50 heavy (non-hydrogen) atoms. The number of hydrogen-bond acceptors (Lipinski definition) is 6. The summed E-state index contributed by atoms with van der Waals surface area (Å²) in [5.41, 5.74) is 2.30. The van der Waals surface area contributed by atoms with E-state index in [4.69, 9.17) is 0 Å². The smallest absolute Gasteiger partial charge is 0.143 e. The molecule has 0 aliphatic carbocycles. The van der Waals surface area contributed by atoms with E-state index in [-0.39, 0.29) is 11.6 Å². The summed E-state index contributed by atoms with van der Waals surface area (Å²) in [5, 5.41) is 4.64. The molecule has 10 aromatic rings. The quantitative estimate of drug-likeness (QED) is 0.158. The van der Waals surface area contributed by atoms with Crippen LogP contribution < -0.4 is 0 Å². The molecule has 0 nitrogen and oxygen atoms in total. The molecule has 0 aliphatic rings. The van der Waals surface area contributed by atoms with Gasteiger partial charge in [0.1, 0.15) is 11.6 Å². The first-order valence-corrected chi connectivity index (χ1v) is 20.7. The summed E-state index contributed by atoms with van der Waals surface area (Å²) in [6.07, 6.45) is 0. The zero-order chi connectivity index (χ0) is 33.3. The molecule has 0 bridgehead atoms. The summed E-state index contributed by atoms with van der Waals surface area (Å²) in [6, 6.07) is 45.4. The second-order valence-electron chi connectivity index (χ2n) is 12.0. The molecule has 0 aliphatic heterocycles. The van der Waals surface area contributed by atoms with Crippen LogP contribution in [0, 0.1) is 11.6 Å². The van der Waals surface area contributed by atoms with Gasteiger partial charge < -0.3 is 0 Å². The summed E-state index contributed by atoms with van der Waals surface area (Å²) in [4.78, 5) is 9.61. The van der Waals surface area contributed by atoms with Crippen molar-refractivity contribution >= 4 is 99.0 Å². The van der Waals surface area contributed by atoms with Crippen LogP contribution in [0.25, 0.3) is 90.8 Å². The highest BCUT2D eigenvalue weighted by Gasteiger charge is 2.19. The van der Waals surface area contributed by atoms with Crippen LogP contribution in [0.1, 0.15) is 0 Å². The Balaban J connectivity index is 0.951. The monoisotopic (exact) mass is 756 g/mol. The summed E-state index contributed by atoms with van der Waals surface area (Å²) in [6.45, 7) is 0. The highest BCUT2D eigenvalue weighted by Crippen LogP contribution is 2.47. The molecule has 0 saturated heterocycles. The lowest BCUT2D eigenvalue weighted by molar-refractivity contribution is 0.636. The van der Waals surface area contributed by atoms with Gasteiger partial charge in [0.25, 0.3) is 0 Å². The molecule has 8 heteroatoms. The third-order valence-corrected chi connectivity index (χ3v) is 16.2. The van der Waals surface area contributed by atoms with Crippen LogP contribution in [-0.4, -0.2) is 0 Å². The maximum Gasteiger partial charge on any atom is 0.143 e. The third-order valence-electron chi connectivity index (χ3n) is 8.75. The largest absolute Gasteiger partial charge is 0.205 e. The molecule has 240 valence electrons. The van der Waals surface area contributed by atoms with Crippen LogP contribution in [0.4, 0.5) is 8.78 Å². The summed E-state index contributed by atoms with van der Waals surface area (Å²) >= 11 is 9.71. The van der Waals surface area contributed by atoms with Gasteiger partial charge in [0.2, 0.25) is 0 Å². The number of hydrogen-bond donors (Lipinski definition) is 0. The van der Waals surface area contributed by atoms with E-state index in [1.807, 2.05) is 48.5 Å². The van der Waals surface area contributed by atoms with E-state index >= 15 is 8.78 Å². The molecule has 0 spiro atoms. The Hall–Kier alpha value is -4.28. The fraction of sp³-hybridized carbons (Fsp3) is 0. The van der Waals surface area contributed by atoms with Gasteiger partial charge in [0.15, 0.2) is 0 Å². The average Bonchev–Trinajstić information content (AvgIpc) is 3.99. The van der Waals surface area contributed by atoms with Gasteiger partial charge in [0, 0.05) is 48.4 Å². The Kier molecular flexibility index (Phi) is 7.45. The van der Waals surface area contributed by atoms with Crippen LogP contribution >= 0.6 is 68.0 Å². The van der Waals surface area contributed by atoms with Crippen molar-refractivity contribution in [2.24, 2.45) is 0 Å². The van der Waals surface area contributed by atoms with Crippen molar-refractivity contribution in [1.29, 1.82) is 0 Å². The molecular weight excluding hydrogens is 735 g/mol. The second kappa shape index (κ2) is 12.2. The van der Waals surface area contributed by atoms with Gasteiger partial charge in [-0.3, -0.25) is 0 Å². The minimum Gasteiger partial charge on any atom is -0.205 e. The normalized spacial score (nSPS) is 11.8. The van der Waals surface area contributed by atoms with Crippen LogP contribution in [0.5, 0.6) is 0 Å². The predicted molar refractivity (Wildman–Crippen MR) is 219 cm³/mol. The summed E-state index contributed by atoms with van der Waals surface area (Å²) < 4.78 is 33.0. The molecule has 0 unspecified atom stereocenters. The van der Waals surface area contributed by atoms with Crippen molar-refractivity contribution in [2.75, 3.05) is 0 Å². The van der Waals surface area contributed by atoms with Gasteiger partial charge >= 0.3 is 0 Å². The van der Waals surface area contributed by atoms with Crippen molar-refractivity contribution in [1.82, 2.24) is 0 Å². The molecule has 6 aromatic heterocycles. The highest BCUT2D eigenvalue weighted by atomic mass is 32.1. The third kappa shape index (κ3) is 5.39. The van der Waals surface area contributed by atoms with Gasteiger partial charge in [-0.25, -0.2) is 8.78 Å². The van der Waals surface area contributed by atoms with Crippen molar-refractivity contribution in [2.45, 2.75) is 0 Å². The molecule has 0 N–H and O–H groups in total. The predicted octanol–water partition coefficient (Wildman–Crippen LogP) is 15.8. The van der Waals surface area contributed by atoms with E-state index < -0.39 is 0 Å². The number of fused-ring (bicyclic) bond motifs is 3. The molecule has 10 rings (SSSR count). The van der Waals surface area contributed by atoms with Gasteiger partial charge in [-0.15, -0.1) is 68.0 Å². The minimum absolute atomic E-state index is 0.171. The first kappa shape index (κ1) is 30.5. The highest BCUT2D eigenvalue weighted by molar-refractivity contribution is 7.30. The van der Waals surface area contributed by atoms with Crippen LogP contribution in [0.3, 0.4) is 0 Å². The average molecular weight is 757 g/mol. The Bertz CT molecular complexity index is 2580. The van der Waals surface area contributed by atoms with Crippen LogP contribution in [-0.2, 0) is 0 Å². The standard InChI is InChI=1S/C42H22F2S6/c43-29-21-39(49-41(29)33-13-11-31(45-33)23-7-3-1-4-8-23)37-19-27-15-25-18-36-28(16-26(25)17-35(27)47-37)20-38(48-36)40-22-30(44)42(50-40)34-14-12-32(46-34)24-9-5-2-6-10-24/h1-22H. The van der Waals surface area contributed by atoms with Crippen molar-refractivity contribution in [3.8, 4) is 59.9 Å². The van der Waals surface area contributed by atoms with E-state index in [0.29, 0.717) is 9.75 Å². The van der Waals surface area contributed by atoms with E-state index in [1.165, 1.54) is 32.1 Å². The summed E-state index contributed by atoms with van der Waals surface area (Å²) in [7, 11) is 0. The fourth-order valence-electron chi connectivity index (χ4n) is 6.32. The lowest BCUT2D eigenvalue weighted by Gasteiger charge is -1.99. The second-order valence-corrected chi connectivity index (χ2v) is 18.4. The topological polar surface area (TPSA) is 0 Å². The number of halogens is 2. The number of thiophene rings is 6. The molecule has 0 saturated carbocycles. The number of benzene rings is 4. The lowest BCUT2D eigenvalue weighted by Crippen LogP contribution is -1.72. The Morgan fingerprint density at radius 3 is 1.14 bits per heavy atom. The molecule has 4 aromatic carbocycles. The van der Waals surface area contributed by atoms with Gasteiger partial charge in [-0.2, -0.15) is 0 Å². The molecule has 0 fully saturated rings. The van der Waals surface area contributed by atoms with E-state index in [1.54, 1.807) is 57.5 Å². The van der Waals surface area contributed by atoms with Crippen LogP contribution in [0.2, 0.25) is 0 Å². The van der Waals surface area contributed by atoms with Crippen molar-refractivity contribution in [3.05, 3.63) is 145 Å². The van der Waals surface area contributed by atoms with E-state index in [0.717, 1.165) is 71.7 Å². The van der Waals surface area contributed by atoms with E-state index in [2.05, 4.69) is 72.8 Å². The summed E-state index contributed by atoms with van der Waals surface area (Å²) in [5.74, 6) is -0.342. The Morgan fingerprint density at radius 2 is 0.700 bits per heavy atom. The Labute approximate surface area is 310 Å². The molecule has 0 amide bonds. The first-order valence-electron chi connectivity index (χ1n) is 15.8. The van der Waals surface area contributed by atoms with Crippen LogP contribution in [0.15, 0.2) is 133 Å². The molecular formula is C42H22F2S6. The lowest BCUT2D eigenvalue weighted by atomic mass is 10.1.